The second-order valence-electron chi connectivity index (χ2n) is 6.78. The Hall–Kier alpha value is -1.35. The number of carbonyl (C=O) groups excluding carboxylic acids is 1. The van der Waals surface area contributed by atoms with Gasteiger partial charge >= 0.3 is 0 Å². The molecule has 0 aliphatic heterocycles. The van der Waals surface area contributed by atoms with Crippen LogP contribution in [0.1, 0.15) is 52.5 Å². The van der Waals surface area contributed by atoms with Crippen LogP contribution in [0.3, 0.4) is 0 Å². The zero-order valence-electron chi connectivity index (χ0n) is 17.7. The number of carbonyl (C=O) groups is 1. The number of halogens is 1. The van der Waals surface area contributed by atoms with E-state index in [1.165, 1.54) is 6.42 Å². The van der Waals surface area contributed by atoms with Crippen LogP contribution in [0, 0.1) is 5.92 Å². The number of aliphatic imine (C=N–C) groups is 1. The normalized spacial score (nSPS) is 11.1. The lowest BCUT2D eigenvalue weighted by atomic mass is 10.2. The Morgan fingerprint density at radius 3 is 2.36 bits per heavy atom. The molecule has 0 radical (unpaired) electrons. The number of nitrogens with zero attached hydrogens (tertiary/aromatic N) is 1. The van der Waals surface area contributed by atoms with E-state index in [9.17, 15) is 4.79 Å². The van der Waals surface area contributed by atoms with Crippen molar-refractivity contribution < 1.29 is 9.53 Å². The molecule has 0 saturated heterocycles. The number of guanidine groups is 1. The molecule has 3 N–H and O–H groups in total. The van der Waals surface area contributed by atoms with Gasteiger partial charge in [0, 0.05) is 37.9 Å². The lowest BCUT2D eigenvalue weighted by Crippen LogP contribution is -2.38. The second kappa shape index (κ2) is 16.6. The average Bonchev–Trinajstić information content (AvgIpc) is 2.66. The van der Waals surface area contributed by atoms with Crippen LogP contribution in [0.15, 0.2) is 29.3 Å². The first kappa shape index (κ1) is 26.6. The Morgan fingerprint density at radius 2 is 1.75 bits per heavy atom. The molecule has 1 amide bonds. The summed E-state index contributed by atoms with van der Waals surface area (Å²) < 4.78 is 5.57. The minimum absolute atomic E-state index is 0. The largest absolute Gasteiger partial charge is 0.381 e. The SMILES string of the molecule is CCCCOCCCNC(=NCc1ccc(NC(=O)C(C)C)cc1)NCC.I. The number of nitrogens with one attached hydrogen (secondary N) is 3. The molecule has 0 aliphatic carbocycles. The molecule has 1 aromatic carbocycles. The van der Waals surface area contributed by atoms with Gasteiger partial charge in [-0.05, 0) is 37.5 Å². The maximum atomic E-state index is 11.7. The molecule has 28 heavy (non-hydrogen) atoms. The smallest absolute Gasteiger partial charge is 0.226 e. The van der Waals surface area contributed by atoms with Gasteiger partial charge in [-0.2, -0.15) is 0 Å². The van der Waals surface area contributed by atoms with E-state index in [4.69, 9.17) is 4.74 Å². The summed E-state index contributed by atoms with van der Waals surface area (Å²) in [6.07, 6.45) is 3.25. The fourth-order valence-electron chi connectivity index (χ4n) is 2.22. The molecular formula is C21H37IN4O2. The van der Waals surface area contributed by atoms with E-state index >= 15 is 0 Å². The summed E-state index contributed by atoms with van der Waals surface area (Å²) in [7, 11) is 0. The third-order valence-corrected chi connectivity index (χ3v) is 3.91. The van der Waals surface area contributed by atoms with Crippen LogP contribution in [0.5, 0.6) is 0 Å². The van der Waals surface area contributed by atoms with Crippen molar-refractivity contribution >= 4 is 41.5 Å². The van der Waals surface area contributed by atoms with Crippen molar-refractivity contribution in [3.63, 3.8) is 0 Å². The van der Waals surface area contributed by atoms with E-state index in [1.807, 2.05) is 38.1 Å². The average molecular weight is 504 g/mol. The molecular weight excluding hydrogens is 467 g/mol. The van der Waals surface area contributed by atoms with Crippen LogP contribution >= 0.6 is 24.0 Å². The van der Waals surface area contributed by atoms with Crippen molar-refractivity contribution in [2.24, 2.45) is 10.9 Å². The zero-order valence-corrected chi connectivity index (χ0v) is 20.0. The standard InChI is InChI=1S/C21H36N4O2.HI/c1-5-7-14-27-15-8-13-23-21(22-6-2)24-16-18-9-11-19(12-10-18)25-20(26)17(3)4;/h9-12,17H,5-8,13-16H2,1-4H3,(H,25,26)(H2,22,23,24);1H. The van der Waals surface area contributed by atoms with E-state index in [0.29, 0.717) is 6.54 Å². The molecule has 0 spiro atoms. The fourth-order valence-corrected chi connectivity index (χ4v) is 2.22. The number of amides is 1. The van der Waals surface area contributed by atoms with Crippen molar-refractivity contribution in [3.8, 4) is 0 Å². The summed E-state index contributed by atoms with van der Waals surface area (Å²) in [6, 6.07) is 7.81. The molecule has 0 bridgehead atoms. The van der Waals surface area contributed by atoms with Gasteiger partial charge in [0.2, 0.25) is 5.91 Å². The first-order valence-electron chi connectivity index (χ1n) is 10.1. The zero-order chi connectivity index (χ0) is 19.9. The van der Waals surface area contributed by atoms with E-state index in [-0.39, 0.29) is 35.8 Å². The van der Waals surface area contributed by atoms with Gasteiger partial charge in [0.05, 0.1) is 6.54 Å². The van der Waals surface area contributed by atoms with Gasteiger partial charge in [-0.1, -0.05) is 39.3 Å². The van der Waals surface area contributed by atoms with Gasteiger partial charge in [-0.25, -0.2) is 4.99 Å². The number of hydrogen-bond acceptors (Lipinski definition) is 3. The van der Waals surface area contributed by atoms with Crippen LogP contribution in [0.25, 0.3) is 0 Å². The topological polar surface area (TPSA) is 74.8 Å². The first-order valence-corrected chi connectivity index (χ1v) is 10.1. The molecule has 1 aromatic rings. The van der Waals surface area contributed by atoms with E-state index < -0.39 is 0 Å². The third kappa shape index (κ3) is 12.2. The minimum atomic E-state index is -0.0277. The van der Waals surface area contributed by atoms with Gasteiger partial charge in [0.1, 0.15) is 0 Å². The monoisotopic (exact) mass is 504 g/mol. The number of unbranched alkanes of at least 4 members (excludes halogenated alkanes) is 1. The van der Waals surface area contributed by atoms with Crippen molar-refractivity contribution in [2.45, 2.75) is 53.5 Å². The van der Waals surface area contributed by atoms with Crippen molar-refractivity contribution in [2.75, 3.05) is 31.6 Å². The van der Waals surface area contributed by atoms with Gasteiger partial charge in [-0.3, -0.25) is 4.79 Å². The molecule has 0 aliphatic rings. The molecule has 7 heteroatoms. The Morgan fingerprint density at radius 1 is 1.07 bits per heavy atom. The molecule has 1 rings (SSSR count). The molecule has 6 nitrogen and oxygen atoms in total. The van der Waals surface area contributed by atoms with Gasteiger partial charge in [0.15, 0.2) is 5.96 Å². The number of ether oxygens (including phenoxy) is 1. The summed E-state index contributed by atoms with van der Waals surface area (Å²) in [5.74, 6) is 0.807. The molecule has 0 heterocycles. The van der Waals surface area contributed by atoms with E-state index in [0.717, 1.165) is 56.4 Å². The fraction of sp³-hybridized carbons (Fsp3) is 0.619. The summed E-state index contributed by atoms with van der Waals surface area (Å²) in [6.45, 7) is 11.8. The quantitative estimate of drug-likeness (QED) is 0.173. The molecule has 160 valence electrons. The van der Waals surface area contributed by atoms with Crippen molar-refractivity contribution in [1.29, 1.82) is 0 Å². The van der Waals surface area contributed by atoms with Crippen LogP contribution in [-0.2, 0) is 16.1 Å². The van der Waals surface area contributed by atoms with E-state index in [1.54, 1.807) is 0 Å². The highest BCUT2D eigenvalue weighted by atomic mass is 127. The maximum absolute atomic E-state index is 11.7. The summed E-state index contributed by atoms with van der Waals surface area (Å²) >= 11 is 0. The lowest BCUT2D eigenvalue weighted by Gasteiger charge is -2.12. The number of anilines is 1. The molecule has 0 saturated carbocycles. The molecule has 0 unspecified atom stereocenters. The molecule has 0 atom stereocenters. The highest BCUT2D eigenvalue weighted by Gasteiger charge is 2.06. The Bertz CT molecular complexity index is 562. The third-order valence-electron chi connectivity index (χ3n) is 3.91. The number of rotatable bonds is 12. The minimum Gasteiger partial charge on any atom is -0.381 e. The predicted octanol–water partition coefficient (Wildman–Crippen LogP) is 4.16. The van der Waals surface area contributed by atoms with Gasteiger partial charge in [0.25, 0.3) is 0 Å². The highest BCUT2D eigenvalue weighted by Crippen LogP contribution is 2.11. The van der Waals surface area contributed by atoms with E-state index in [2.05, 4.69) is 34.8 Å². The van der Waals surface area contributed by atoms with Crippen molar-refractivity contribution in [3.05, 3.63) is 29.8 Å². The summed E-state index contributed by atoms with van der Waals surface area (Å²) in [4.78, 5) is 16.3. The van der Waals surface area contributed by atoms with Gasteiger partial charge < -0.3 is 20.7 Å². The maximum Gasteiger partial charge on any atom is 0.226 e. The summed E-state index contributed by atoms with van der Waals surface area (Å²) in [5, 5.41) is 9.48. The Labute approximate surface area is 187 Å². The van der Waals surface area contributed by atoms with Crippen LogP contribution < -0.4 is 16.0 Å². The van der Waals surface area contributed by atoms with Crippen molar-refractivity contribution in [1.82, 2.24) is 10.6 Å². The molecule has 0 aromatic heterocycles. The summed E-state index contributed by atoms with van der Waals surface area (Å²) in [5.41, 5.74) is 1.91. The van der Waals surface area contributed by atoms with Crippen LogP contribution in [0.2, 0.25) is 0 Å². The second-order valence-corrected chi connectivity index (χ2v) is 6.78. The predicted molar refractivity (Wildman–Crippen MR) is 128 cm³/mol. The highest BCUT2D eigenvalue weighted by molar-refractivity contribution is 14.0. The lowest BCUT2D eigenvalue weighted by molar-refractivity contribution is -0.118. The molecule has 0 fully saturated rings. The first-order chi connectivity index (χ1) is 13.1. The Balaban J connectivity index is 0.00000729. The van der Waals surface area contributed by atoms with Crippen LogP contribution in [-0.4, -0.2) is 38.2 Å². The number of benzene rings is 1. The van der Waals surface area contributed by atoms with Crippen LogP contribution in [0.4, 0.5) is 5.69 Å². The number of hydrogen-bond donors (Lipinski definition) is 3. The Kier molecular flexibility index (Phi) is 15.8. The van der Waals surface area contributed by atoms with Gasteiger partial charge in [-0.15, -0.1) is 24.0 Å².